The number of nitrogens with two attached hydrogens (primary N) is 1. The molecule has 0 unspecified atom stereocenters. The molecule has 2 aromatic rings. The number of hydrogen-bond acceptors (Lipinski definition) is 1. The molecule has 2 N–H and O–H groups in total. The Morgan fingerprint density at radius 3 is 2.41 bits per heavy atom. The number of benzene rings is 2. The van der Waals surface area contributed by atoms with Crippen LogP contribution in [0.5, 0.6) is 0 Å². The van der Waals surface area contributed by atoms with E-state index in [0.29, 0.717) is 0 Å². The first kappa shape index (κ1) is 10.5. The van der Waals surface area contributed by atoms with Gasteiger partial charge in [0.05, 0.1) is 6.04 Å². The van der Waals surface area contributed by atoms with E-state index in [4.69, 9.17) is 5.73 Å². The molecule has 0 aromatic heterocycles. The third kappa shape index (κ3) is 1.48. The highest BCUT2D eigenvalue weighted by Crippen LogP contribution is 2.42. The SMILES string of the molecule is CCc1ccc2c(c1)[C@H](N)c1cc(F)ccc1-2. The highest BCUT2D eigenvalue weighted by atomic mass is 19.1. The van der Waals surface area contributed by atoms with Gasteiger partial charge in [0, 0.05) is 0 Å². The first-order valence-electron chi connectivity index (χ1n) is 5.89. The zero-order valence-electron chi connectivity index (χ0n) is 9.70. The van der Waals surface area contributed by atoms with Crippen LogP contribution in [0.15, 0.2) is 36.4 Å². The number of halogens is 1. The lowest BCUT2D eigenvalue weighted by atomic mass is 10.0. The zero-order valence-corrected chi connectivity index (χ0v) is 9.70. The van der Waals surface area contributed by atoms with Crippen molar-refractivity contribution in [3.63, 3.8) is 0 Å². The van der Waals surface area contributed by atoms with Gasteiger partial charge in [-0.3, -0.25) is 0 Å². The van der Waals surface area contributed by atoms with Gasteiger partial charge in [0.2, 0.25) is 0 Å². The van der Waals surface area contributed by atoms with Crippen molar-refractivity contribution in [2.24, 2.45) is 5.73 Å². The molecule has 3 rings (SSSR count). The summed E-state index contributed by atoms with van der Waals surface area (Å²) in [5, 5.41) is 0. The summed E-state index contributed by atoms with van der Waals surface area (Å²) in [5.41, 5.74) is 11.7. The van der Waals surface area contributed by atoms with Crippen molar-refractivity contribution in [3.05, 3.63) is 58.9 Å². The first-order chi connectivity index (χ1) is 8.20. The first-order valence-corrected chi connectivity index (χ1v) is 5.89. The Labute approximate surface area is 100 Å². The second-order valence-electron chi connectivity index (χ2n) is 4.48. The Morgan fingerprint density at radius 1 is 1.06 bits per heavy atom. The molecule has 0 heterocycles. The second-order valence-corrected chi connectivity index (χ2v) is 4.48. The van der Waals surface area contributed by atoms with Crippen LogP contribution in [0.25, 0.3) is 11.1 Å². The fourth-order valence-electron chi connectivity index (χ4n) is 2.54. The number of rotatable bonds is 1. The molecule has 0 amide bonds. The van der Waals surface area contributed by atoms with Crippen LogP contribution in [0.3, 0.4) is 0 Å². The van der Waals surface area contributed by atoms with Crippen LogP contribution >= 0.6 is 0 Å². The molecule has 1 aliphatic rings. The maximum atomic E-state index is 13.2. The van der Waals surface area contributed by atoms with Crippen molar-refractivity contribution < 1.29 is 4.39 Å². The van der Waals surface area contributed by atoms with E-state index in [1.54, 1.807) is 6.07 Å². The van der Waals surface area contributed by atoms with E-state index >= 15 is 0 Å². The zero-order chi connectivity index (χ0) is 12.0. The number of aryl methyl sites for hydroxylation is 1. The molecule has 1 nitrogen and oxygen atoms in total. The van der Waals surface area contributed by atoms with Crippen molar-refractivity contribution in [2.45, 2.75) is 19.4 Å². The van der Waals surface area contributed by atoms with Crippen LogP contribution in [0, 0.1) is 5.82 Å². The molecule has 0 fully saturated rings. The van der Waals surface area contributed by atoms with Crippen molar-refractivity contribution in [3.8, 4) is 11.1 Å². The van der Waals surface area contributed by atoms with Gasteiger partial charge in [-0.05, 0) is 46.4 Å². The predicted octanol–water partition coefficient (Wildman–Crippen LogP) is 3.42. The predicted molar refractivity (Wildman–Crippen MR) is 67.2 cm³/mol. The Hall–Kier alpha value is -1.67. The monoisotopic (exact) mass is 227 g/mol. The van der Waals surface area contributed by atoms with Crippen LogP contribution in [-0.4, -0.2) is 0 Å². The molecule has 86 valence electrons. The summed E-state index contributed by atoms with van der Waals surface area (Å²) >= 11 is 0. The third-order valence-corrected chi connectivity index (χ3v) is 3.50. The summed E-state index contributed by atoms with van der Waals surface area (Å²) in [6, 6.07) is 11.0. The lowest BCUT2D eigenvalue weighted by Crippen LogP contribution is -2.08. The molecule has 0 radical (unpaired) electrons. The van der Waals surface area contributed by atoms with Gasteiger partial charge >= 0.3 is 0 Å². The van der Waals surface area contributed by atoms with Gasteiger partial charge in [-0.15, -0.1) is 0 Å². The molecule has 1 atom stereocenters. The van der Waals surface area contributed by atoms with Crippen molar-refractivity contribution >= 4 is 0 Å². The third-order valence-electron chi connectivity index (χ3n) is 3.50. The summed E-state index contributed by atoms with van der Waals surface area (Å²) in [6.07, 6.45) is 0.991. The maximum Gasteiger partial charge on any atom is 0.123 e. The summed E-state index contributed by atoms with van der Waals surface area (Å²) in [5.74, 6) is -0.220. The summed E-state index contributed by atoms with van der Waals surface area (Å²) in [7, 11) is 0. The summed E-state index contributed by atoms with van der Waals surface area (Å²) in [4.78, 5) is 0. The van der Waals surface area contributed by atoms with Crippen LogP contribution in [0.2, 0.25) is 0 Å². The molecule has 0 bridgehead atoms. The average molecular weight is 227 g/mol. The molecule has 0 saturated carbocycles. The molecular formula is C15H14FN. The fraction of sp³-hybridized carbons (Fsp3) is 0.200. The number of fused-ring (bicyclic) bond motifs is 3. The van der Waals surface area contributed by atoms with E-state index in [2.05, 4.69) is 25.1 Å². The maximum absolute atomic E-state index is 13.2. The van der Waals surface area contributed by atoms with Gasteiger partial charge in [-0.1, -0.05) is 31.2 Å². The standard InChI is InChI=1S/C15H14FN/c1-2-9-3-5-11-12-6-4-10(16)8-14(12)15(17)13(11)7-9/h3-8,15H,2,17H2,1H3/t15-/m0/s1. The Bertz CT molecular complexity index is 589. The van der Waals surface area contributed by atoms with Crippen LogP contribution in [0.1, 0.15) is 29.7 Å². The smallest absolute Gasteiger partial charge is 0.123 e. The van der Waals surface area contributed by atoms with E-state index in [9.17, 15) is 4.39 Å². The van der Waals surface area contributed by atoms with E-state index in [0.717, 1.165) is 28.7 Å². The van der Waals surface area contributed by atoms with E-state index in [-0.39, 0.29) is 11.9 Å². The second kappa shape index (κ2) is 3.67. The molecule has 2 aromatic carbocycles. The highest BCUT2D eigenvalue weighted by molar-refractivity contribution is 5.78. The van der Waals surface area contributed by atoms with E-state index in [1.807, 2.05) is 6.07 Å². The normalized spacial score (nSPS) is 16.8. The van der Waals surface area contributed by atoms with Crippen molar-refractivity contribution in [2.75, 3.05) is 0 Å². The van der Waals surface area contributed by atoms with E-state index in [1.165, 1.54) is 11.6 Å². The van der Waals surface area contributed by atoms with E-state index < -0.39 is 0 Å². The molecule has 17 heavy (non-hydrogen) atoms. The molecule has 0 aliphatic heterocycles. The highest BCUT2D eigenvalue weighted by Gasteiger charge is 2.26. The van der Waals surface area contributed by atoms with Crippen molar-refractivity contribution in [1.82, 2.24) is 0 Å². The lowest BCUT2D eigenvalue weighted by molar-refractivity contribution is 0.624. The van der Waals surface area contributed by atoms with Gasteiger partial charge in [0.25, 0.3) is 0 Å². The average Bonchev–Trinajstić information content (AvgIpc) is 2.62. The van der Waals surface area contributed by atoms with Crippen LogP contribution in [0.4, 0.5) is 4.39 Å². The minimum atomic E-state index is -0.220. The summed E-state index contributed by atoms with van der Waals surface area (Å²) < 4.78 is 13.2. The summed E-state index contributed by atoms with van der Waals surface area (Å²) in [6.45, 7) is 2.12. The van der Waals surface area contributed by atoms with Crippen LogP contribution < -0.4 is 5.73 Å². The van der Waals surface area contributed by atoms with Gasteiger partial charge in [0.1, 0.15) is 5.82 Å². The molecule has 1 aliphatic carbocycles. The van der Waals surface area contributed by atoms with Gasteiger partial charge in [0.15, 0.2) is 0 Å². The fourth-order valence-corrected chi connectivity index (χ4v) is 2.54. The topological polar surface area (TPSA) is 26.0 Å². The Morgan fingerprint density at radius 2 is 1.71 bits per heavy atom. The largest absolute Gasteiger partial charge is 0.320 e. The Balaban J connectivity index is 2.23. The molecule has 0 saturated heterocycles. The number of hydrogen-bond donors (Lipinski definition) is 1. The van der Waals surface area contributed by atoms with Crippen molar-refractivity contribution in [1.29, 1.82) is 0 Å². The van der Waals surface area contributed by atoms with Gasteiger partial charge in [-0.2, -0.15) is 0 Å². The molecule has 0 spiro atoms. The molecular weight excluding hydrogens is 213 g/mol. The molecule has 2 heteroatoms. The van der Waals surface area contributed by atoms with Gasteiger partial charge < -0.3 is 5.73 Å². The quantitative estimate of drug-likeness (QED) is 0.793. The van der Waals surface area contributed by atoms with Crippen LogP contribution in [-0.2, 0) is 6.42 Å². The lowest BCUT2D eigenvalue weighted by Gasteiger charge is -2.07. The Kier molecular flexibility index (Phi) is 2.26. The minimum absolute atomic E-state index is 0.192. The van der Waals surface area contributed by atoms with Gasteiger partial charge in [-0.25, -0.2) is 4.39 Å². The minimum Gasteiger partial charge on any atom is -0.320 e.